The second-order valence-corrected chi connectivity index (χ2v) is 8.15. The number of hydrogen-bond donors (Lipinski definition) is 0. The van der Waals surface area contributed by atoms with Crippen molar-refractivity contribution < 1.29 is 23.8 Å². The third-order valence-electron chi connectivity index (χ3n) is 4.62. The summed E-state index contributed by atoms with van der Waals surface area (Å²) in [4.78, 5) is 30.9. The summed E-state index contributed by atoms with van der Waals surface area (Å²) in [5.74, 6) is -0.111. The number of benzene rings is 2. The number of methoxy groups -OCH3 is 1. The highest BCUT2D eigenvalue weighted by atomic mass is 32.1. The van der Waals surface area contributed by atoms with Crippen LogP contribution in [-0.4, -0.2) is 48.6 Å². The number of carbonyl (C=O) groups excluding carboxylic acids is 2. The number of fused-ring (bicyclic) bond motifs is 1. The van der Waals surface area contributed by atoms with E-state index in [-0.39, 0.29) is 12.5 Å². The highest BCUT2D eigenvalue weighted by Crippen LogP contribution is 2.28. The lowest BCUT2D eigenvalue weighted by atomic mass is 10.2. The molecule has 1 amide bonds. The van der Waals surface area contributed by atoms with Crippen LogP contribution in [0.4, 0.5) is 0 Å². The number of carbonyl (C=O) groups is 2. The van der Waals surface area contributed by atoms with Crippen molar-refractivity contribution in [3.05, 3.63) is 59.1 Å². The molecule has 0 aliphatic carbocycles. The van der Waals surface area contributed by atoms with Gasteiger partial charge in [0.05, 0.1) is 23.9 Å². The van der Waals surface area contributed by atoms with Crippen LogP contribution in [-0.2, 0) is 20.9 Å². The Kier molecular flexibility index (Phi) is 8.00. The van der Waals surface area contributed by atoms with Crippen molar-refractivity contribution in [2.45, 2.75) is 19.6 Å². The van der Waals surface area contributed by atoms with Crippen LogP contribution in [0.2, 0.25) is 0 Å². The van der Waals surface area contributed by atoms with E-state index in [9.17, 15) is 9.59 Å². The van der Waals surface area contributed by atoms with Gasteiger partial charge in [0.15, 0.2) is 24.2 Å². The summed E-state index contributed by atoms with van der Waals surface area (Å²) in [6.45, 7) is 1.76. The first kappa shape index (κ1) is 23.8. The van der Waals surface area contributed by atoms with Gasteiger partial charge in [-0.2, -0.15) is 5.26 Å². The molecule has 2 aromatic carbocycles. The zero-order valence-corrected chi connectivity index (χ0v) is 19.3. The summed E-state index contributed by atoms with van der Waals surface area (Å²) < 4.78 is 16.8. The fourth-order valence-electron chi connectivity index (χ4n) is 3.02. The molecule has 1 unspecified atom stereocenters. The van der Waals surface area contributed by atoms with Gasteiger partial charge in [-0.1, -0.05) is 18.2 Å². The molecule has 0 aliphatic rings. The summed E-state index contributed by atoms with van der Waals surface area (Å²) in [5.41, 5.74) is 1.56. The van der Waals surface area contributed by atoms with Gasteiger partial charge in [0.25, 0.3) is 5.91 Å². The molecule has 0 fully saturated rings. The predicted octanol–water partition coefficient (Wildman–Crippen LogP) is 3.81. The van der Waals surface area contributed by atoms with Crippen LogP contribution in [0.15, 0.2) is 48.5 Å². The van der Waals surface area contributed by atoms with Gasteiger partial charge in [-0.3, -0.25) is 4.79 Å². The number of ether oxygens (including phenoxy) is 3. The molecule has 3 aromatic rings. The summed E-state index contributed by atoms with van der Waals surface area (Å²) in [6.07, 6.45) is 1.83. The van der Waals surface area contributed by atoms with Gasteiger partial charge in [-0.15, -0.1) is 11.3 Å². The molecule has 9 heteroatoms. The molecule has 0 N–H and O–H groups in total. The van der Waals surface area contributed by atoms with Gasteiger partial charge < -0.3 is 19.1 Å². The maximum Gasteiger partial charge on any atom is 0.331 e. The largest absolute Gasteiger partial charge is 0.493 e. The van der Waals surface area contributed by atoms with Gasteiger partial charge in [-0.05, 0) is 42.8 Å². The minimum Gasteiger partial charge on any atom is -0.493 e. The minimum atomic E-state index is -0.946. The number of esters is 1. The van der Waals surface area contributed by atoms with E-state index in [0.29, 0.717) is 23.6 Å². The topological polar surface area (TPSA) is 102 Å². The molecule has 3 rings (SSSR count). The van der Waals surface area contributed by atoms with Crippen molar-refractivity contribution in [2.24, 2.45) is 0 Å². The van der Waals surface area contributed by atoms with E-state index in [2.05, 4.69) is 4.98 Å². The van der Waals surface area contributed by atoms with E-state index < -0.39 is 12.1 Å². The molecule has 170 valence electrons. The third-order valence-corrected chi connectivity index (χ3v) is 5.64. The van der Waals surface area contributed by atoms with Gasteiger partial charge in [0, 0.05) is 13.1 Å². The lowest BCUT2D eigenvalue weighted by Crippen LogP contribution is -2.36. The number of hydrogen-bond acceptors (Lipinski definition) is 8. The first-order chi connectivity index (χ1) is 15.9. The maximum atomic E-state index is 12.6. The summed E-state index contributed by atoms with van der Waals surface area (Å²) in [7, 11) is 3.13. The Morgan fingerprint density at radius 3 is 2.76 bits per heavy atom. The van der Waals surface area contributed by atoms with E-state index >= 15 is 0 Å². The van der Waals surface area contributed by atoms with Crippen LogP contribution in [0.25, 0.3) is 16.3 Å². The number of para-hydroxylation sites is 1. The van der Waals surface area contributed by atoms with Crippen molar-refractivity contribution in [2.75, 3.05) is 20.8 Å². The average molecular weight is 466 g/mol. The highest BCUT2D eigenvalue weighted by molar-refractivity contribution is 7.18. The second kappa shape index (κ2) is 11.1. The van der Waals surface area contributed by atoms with Crippen LogP contribution in [0.5, 0.6) is 11.5 Å². The lowest BCUT2D eigenvalue weighted by molar-refractivity contribution is -0.154. The highest BCUT2D eigenvalue weighted by Gasteiger charge is 2.21. The quantitative estimate of drug-likeness (QED) is 0.350. The number of aromatic nitrogens is 1. The van der Waals surface area contributed by atoms with Crippen molar-refractivity contribution >= 4 is 39.5 Å². The van der Waals surface area contributed by atoms with Crippen LogP contribution in [0, 0.1) is 11.3 Å². The molecular formula is C24H23N3O5S. The van der Waals surface area contributed by atoms with Crippen LogP contribution < -0.4 is 9.47 Å². The van der Waals surface area contributed by atoms with E-state index in [4.69, 9.17) is 19.5 Å². The monoisotopic (exact) mass is 465 g/mol. The van der Waals surface area contributed by atoms with Gasteiger partial charge in [0.2, 0.25) is 0 Å². The Labute approximate surface area is 195 Å². The second-order valence-electron chi connectivity index (χ2n) is 7.04. The first-order valence-electron chi connectivity index (χ1n) is 10.1. The molecule has 0 saturated carbocycles. The standard InChI is InChI=1S/C24H23N3O5S/c1-16(24(29)27(2)15-22-26-18-6-4-5-7-21(18)33-22)32-23(28)11-9-17-8-10-19(31-13-12-25)20(14-17)30-3/h4-11,14,16H,13,15H2,1-3H3/b11-9+. The number of amides is 1. The average Bonchev–Trinajstić information content (AvgIpc) is 3.23. The van der Waals surface area contributed by atoms with Crippen molar-refractivity contribution in [3.63, 3.8) is 0 Å². The lowest BCUT2D eigenvalue weighted by Gasteiger charge is -2.20. The zero-order chi connectivity index (χ0) is 23.8. The summed E-state index contributed by atoms with van der Waals surface area (Å²) in [6, 6.07) is 14.7. The molecule has 0 saturated heterocycles. The molecule has 0 aliphatic heterocycles. The molecule has 1 atom stereocenters. The number of likely N-dealkylation sites (N-methyl/N-ethyl adjacent to an activating group) is 1. The smallest absolute Gasteiger partial charge is 0.331 e. The third kappa shape index (κ3) is 6.30. The normalized spacial score (nSPS) is 11.7. The fourth-order valence-corrected chi connectivity index (χ4v) is 4.04. The van der Waals surface area contributed by atoms with E-state index in [1.54, 1.807) is 31.3 Å². The Bertz CT molecular complexity index is 1180. The molecule has 0 bridgehead atoms. The van der Waals surface area contributed by atoms with Crippen LogP contribution >= 0.6 is 11.3 Å². The Morgan fingerprint density at radius 2 is 2.03 bits per heavy atom. The number of rotatable bonds is 9. The van der Waals surface area contributed by atoms with Crippen molar-refractivity contribution in [1.82, 2.24) is 9.88 Å². The van der Waals surface area contributed by atoms with Gasteiger partial charge in [-0.25, -0.2) is 9.78 Å². The molecule has 8 nitrogen and oxygen atoms in total. The van der Waals surface area contributed by atoms with Crippen molar-refractivity contribution in [3.8, 4) is 17.6 Å². The Hall–Kier alpha value is -3.90. The summed E-state index contributed by atoms with van der Waals surface area (Å²) in [5, 5.41) is 9.44. The van der Waals surface area contributed by atoms with E-state index in [1.165, 1.54) is 36.3 Å². The van der Waals surface area contributed by atoms with Gasteiger partial charge in [0.1, 0.15) is 11.1 Å². The maximum absolute atomic E-state index is 12.6. The molecular weight excluding hydrogens is 442 g/mol. The van der Waals surface area contributed by atoms with E-state index in [1.807, 2.05) is 30.3 Å². The number of nitrogens with zero attached hydrogens (tertiary/aromatic N) is 3. The molecule has 0 spiro atoms. The predicted molar refractivity (Wildman–Crippen MR) is 125 cm³/mol. The molecule has 1 heterocycles. The van der Waals surface area contributed by atoms with Crippen LogP contribution in [0.3, 0.4) is 0 Å². The SMILES string of the molecule is COc1cc(/C=C/C(=O)OC(C)C(=O)N(C)Cc2nc3ccccc3s2)ccc1OCC#N. The van der Waals surface area contributed by atoms with Gasteiger partial charge >= 0.3 is 5.97 Å². The molecule has 1 aromatic heterocycles. The number of thiazole rings is 1. The molecule has 0 radical (unpaired) electrons. The first-order valence-corrected chi connectivity index (χ1v) is 10.9. The van der Waals surface area contributed by atoms with Crippen LogP contribution in [0.1, 0.15) is 17.5 Å². The van der Waals surface area contributed by atoms with E-state index in [0.717, 1.165) is 15.2 Å². The fraction of sp³-hybridized carbons (Fsp3) is 0.250. The zero-order valence-electron chi connectivity index (χ0n) is 18.5. The Balaban J connectivity index is 1.56. The Morgan fingerprint density at radius 1 is 1.24 bits per heavy atom. The van der Waals surface area contributed by atoms with Crippen molar-refractivity contribution in [1.29, 1.82) is 5.26 Å². The molecule has 33 heavy (non-hydrogen) atoms. The minimum absolute atomic E-state index is 0.1000. The number of nitriles is 1. The summed E-state index contributed by atoms with van der Waals surface area (Å²) >= 11 is 1.52.